The van der Waals surface area contributed by atoms with Crippen molar-refractivity contribution in [3.63, 3.8) is 0 Å². The molecule has 4 rings (SSSR count). The summed E-state index contributed by atoms with van der Waals surface area (Å²) in [6, 6.07) is 24.8. The van der Waals surface area contributed by atoms with Crippen LogP contribution in [0.1, 0.15) is 191 Å². The number of thioether (sulfide) groups is 1. The lowest BCUT2D eigenvalue weighted by molar-refractivity contribution is -0.157. The first kappa shape index (κ1) is 57.7. The van der Waals surface area contributed by atoms with Gasteiger partial charge < -0.3 is 29.6 Å². The standard InChI is InChI=1S/C58H84N2O9S/c1-3-5-7-9-11-13-15-17-23-37-55(62)67-42-47(69-56(63)39-24-18-16-14-12-10-8-6-4-2)44-70-45-53(57(64)59-40-30-20-25-38-54(61)66-41-46-31-21-19-22-32-46)60-58(65)68-43-52-50-35-28-26-33-48(50)49-34-27-29-36-51(49)52/h19,21-22,26-29,31-36,47,52-53H,3-18,20,23-25,30,37-45H2,1-2H3,(H,59,64)(H,60,65). The quantitative estimate of drug-likeness (QED) is 0.0322. The van der Waals surface area contributed by atoms with Crippen LogP contribution in [0.5, 0.6) is 0 Å². The third kappa shape index (κ3) is 23.8. The van der Waals surface area contributed by atoms with Crippen LogP contribution in [0, 0.1) is 0 Å². The summed E-state index contributed by atoms with van der Waals surface area (Å²) in [5.74, 6) is -1.03. The topological polar surface area (TPSA) is 146 Å². The maximum Gasteiger partial charge on any atom is 0.407 e. The van der Waals surface area contributed by atoms with Gasteiger partial charge in [-0.05, 0) is 53.5 Å². The van der Waals surface area contributed by atoms with Crippen LogP contribution in [0.2, 0.25) is 0 Å². The molecule has 70 heavy (non-hydrogen) atoms. The summed E-state index contributed by atoms with van der Waals surface area (Å²) in [7, 11) is 0. The molecule has 0 aliphatic heterocycles. The van der Waals surface area contributed by atoms with E-state index in [0.717, 1.165) is 72.8 Å². The van der Waals surface area contributed by atoms with Gasteiger partial charge in [-0.25, -0.2) is 4.79 Å². The number of carbonyl (C=O) groups excluding carboxylic acids is 5. The van der Waals surface area contributed by atoms with Gasteiger partial charge in [0, 0.05) is 43.2 Å². The molecule has 0 heterocycles. The zero-order valence-electron chi connectivity index (χ0n) is 42.5. The highest BCUT2D eigenvalue weighted by Crippen LogP contribution is 2.44. The Morgan fingerprint density at radius 3 is 1.59 bits per heavy atom. The molecule has 0 bridgehead atoms. The number of alkyl carbamates (subject to hydrolysis) is 1. The minimum Gasteiger partial charge on any atom is -0.462 e. The van der Waals surface area contributed by atoms with E-state index < -0.39 is 18.2 Å². The largest absolute Gasteiger partial charge is 0.462 e. The monoisotopic (exact) mass is 985 g/mol. The van der Waals surface area contributed by atoms with Crippen molar-refractivity contribution in [2.75, 3.05) is 31.3 Å². The van der Waals surface area contributed by atoms with Crippen LogP contribution in [0.25, 0.3) is 11.1 Å². The second-order valence-corrected chi connectivity index (χ2v) is 19.8. The van der Waals surface area contributed by atoms with Gasteiger partial charge in [-0.15, -0.1) is 0 Å². The van der Waals surface area contributed by atoms with Crippen molar-refractivity contribution >= 4 is 41.7 Å². The summed E-state index contributed by atoms with van der Waals surface area (Å²) >= 11 is 1.34. The zero-order valence-corrected chi connectivity index (χ0v) is 43.3. The SMILES string of the molecule is CCCCCCCCCCCC(=O)OCC(CSCC(NC(=O)OCC1c2ccccc2-c2ccccc21)C(=O)NCCCCCC(=O)OCc1ccccc1)OC(=O)CCCCCCCCCCC. The Bertz CT molecular complexity index is 1900. The van der Waals surface area contributed by atoms with E-state index in [9.17, 15) is 24.0 Å². The molecule has 0 fully saturated rings. The molecule has 2 unspecified atom stereocenters. The van der Waals surface area contributed by atoms with Crippen molar-refractivity contribution in [3.8, 4) is 11.1 Å². The molecule has 2 N–H and O–H groups in total. The highest BCUT2D eigenvalue weighted by molar-refractivity contribution is 7.99. The maximum atomic E-state index is 13.8. The molecule has 1 aliphatic carbocycles. The van der Waals surface area contributed by atoms with E-state index >= 15 is 0 Å². The first-order valence-corrected chi connectivity index (χ1v) is 28.0. The lowest BCUT2D eigenvalue weighted by Crippen LogP contribution is -2.49. The number of amides is 2. The van der Waals surface area contributed by atoms with Gasteiger partial charge in [0.2, 0.25) is 5.91 Å². The van der Waals surface area contributed by atoms with Crippen molar-refractivity contribution in [2.24, 2.45) is 0 Å². The van der Waals surface area contributed by atoms with Crippen LogP contribution in [0.3, 0.4) is 0 Å². The summed E-state index contributed by atoms with van der Waals surface area (Å²) in [6.45, 7) is 5.04. The highest BCUT2D eigenvalue weighted by Gasteiger charge is 2.30. The fourth-order valence-electron chi connectivity index (χ4n) is 8.78. The molecule has 0 saturated heterocycles. The van der Waals surface area contributed by atoms with E-state index in [1.165, 1.54) is 82.4 Å². The van der Waals surface area contributed by atoms with E-state index in [0.29, 0.717) is 32.2 Å². The number of unbranched alkanes of at least 4 members (excludes halogenated alkanes) is 18. The Labute approximate surface area is 424 Å². The van der Waals surface area contributed by atoms with Gasteiger partial charge in [0.15, 0.2) is 0 Å². The molecule has 1 aliphatic rings. The molecular weight excluding hydrogens is 901 g/mol. The van der Waals surface area contributed by atoms with E-state index in [1.54, 1.807) is 0 Å². The Balaban J connectivity index is 1.30. The summed E-state index contributed by atoms with van der Waals surface area (Å²) < 4.78 is 22.8. The van der Waals surface area contributed by atoms with Crippen LogP contribution in [-0.2, 0) is 44.7 Å². The normalized spacial score (nSPS) is 12.6. The Hall–Kier alpha value is -4.84. The van der Waals surface area contributed by atoms with Gasteiger partial charge in [-0.2, -0.15) is 11.8 Å². The first-order valence-electron chi connectivity index (χ1n) is 26.8. The molecule has 0 spiro atoms. The lowest BCUT2D eigenvalue weighted by Gasteiger charge is -2.21. The van der Waals surface area contributed by atoms with Gasteiger partial charge in [-0.1, -0.05) is 202 Å². The molecular formula is C58H84N2O9S. The number of rotatable bonds is 39. The average Bonchev–Trinajstić information content (AvgIpc) is 3.69. The summed E-state index contributed by atoms with van der Waals surface area (Å²) in [4.78, 5) is 65.6. The summed E-state index contributed by atoms with van der Waals surface area (Å²) in [6.07, 6.45) is 21.9. The highest BCUT2D eigenvalue weighted by atomic mass is 32.2. The van der Waals surface area contributed by atoms with Crippen LogP contribution in [0.15, 0.2) is 78.9 Å². The minimum absolute atomic E-state index is 0.0801. The number of carbonyl (C=O) groups is 5. The second kappa shape index (κ2) is 36.1. The minimum atomic E-state index is -0.971. The first-order chi connectivity index (χ1) is 34.3. The fourth-order valence-corrected chi connectivity index (χ4v) is 9.81. The van der Waals surface area contributed by atoms with Crippen molar-refractivity contribution < 1.29 is 42.9 Å². The number of benzene rings is 3. The van der Waals surface area contributed by atoms with Crippen molar-refractivity contribution in [3.05, 3.63) is 95.6 Å². The second-order valence-electron chi connectivity index (χ2n) is 18.8. The van der Waals surface area contributed by atoms with E-state index in [1.807, 2.05) is 54.6 Å². The van der Waals surface area contributed by atoms with E-state index in [-0.39, 0.29) is 73.9 Å². The molecule has 0 aromatic heterocycles. The van der Waals surface area contributed by atoms with Crippen molar-refractivity contribution in [1.82, 2.24) is 10.6 Å². The number of hydrogen-bond acceptors (Lipinski definition) is 10. The molecule has 2 atom stereocenters. The number of fused-ring (bicyclic) bond motifs is 3. The third-order valence-corrected chi connectivity index (χ3v) is 14.0. The Morgan fingerprint density at radius 1 is 0.529 bits per heavy atom. The molecule has 0 radical (unpaired) electrons. The summed E-state index contributed by atoms with van der Waals surface area (Å²) in [5, 5.41) is 5.77. The van der Waals surface area contributed by atoms with Crippen molar-refractivity contribution in [2.45, 2.75) is 193 Å². The predicted octanol–water partition coefficient (Wildman–Crippen LogP) is 13.3. The number of nitrogens with one attached hydrogen (secondary N) is 2. The molecule has 12 heteroatoms. The third-order valence-electron chi connectivity index (χ3n) is 12.8. The molecule has 2 amide bonds. The smallest absolute Gasteiger partial charge is 0.407 e. The van der Waals surface area contributed by atoms with Gasteiger partial charge in [0.25, 0.3) is 0 Å². The van der Waals surface area contributed by atoms with Crippen LogP contribution >= 0.6 is 11.8 Å². The molecule has 3 aromatic rings. The lowest BCUT2D eigenvalue weighted by atomic mass is 9.98. The maximum absolute atomic E-state index is 13.8. The number of esters is 3. The summed E-state index contributed by atoms with van der Waals surface area (Å²) in [5.41, 5.74) is 5.32. The molecule has 3 aromatic carbocycles. The van der Waals surface area contributed by atoms with Crippen LogP contribution in [0.4, 0.5) is 4.79 Å². The molecule has 386 valence electrons. The van der Waals surface area contributed by atoms with Gasteiger partial charge in [0.05, 0.1) is 0 Å². The van der Waals surface area contributed by atoms with Crippen LogP contribution < -0.4 is 10.6 Å². The average molecular weight is 985 g/mol. The molecule has 11 nitrogen and oxygen atoms in total. The van der Waals surface area contributed by atoms with Crippen LogP contribution in [-0.4, -0.2) is 73.3 Å². The fraction of sp³-hybridized carbons (Fsp3) is 0.603. The van der Waals surface area contributed by atoms with Gasteiger partial charge in [-0.3, -0.25) is 19.2 Å². The molecule has 0 saturated carbocycles. The van der Waals surface area contributed by atoms with E-state index in [2.05, 4.69) is 48.7 Å². The Morgan fingerprint density at radius 2 is 1.01 bits per heavy atom. The number of hydrogen-bond donors (Lipinski definition) is 2. The zero-order chi connectivity index (χ0) is 49.9. The number of ether oxygens (including phenoxy) is 4. The Kier molecular flexibility index (Phi) is 29.8. The van der Waals surface area contributed by atoms with Crippen molar-refractivity contribution in [1.29, 1.82) is 0 Å². The van der Waals surface area contributed by atoms with Gasteiger partial charge >= 0.3 is 24.0 Å². The van der Waals surface area contributed by atoms with E-state index in [4.69, 9.17) is 18.9 Å². The predicted molar refractivity (Wildman–Crippen MR) is 282 cm³/mol. The van der Waals surface area contributed by atoms with Gasteiger partial charge in [0.1, 0.15) is 32.0 Å².